The molecule has 0 atom stereocenters. The van der Waals surface area contributed by atoms with E-state index in [1.807, 2.05) is 95.2 Å². The molecular weight excluding hydrogens is 478 g/mol. The zero-order chi connectivity index (χ0) is 29.4. The van der Waals surface area contributed by atoms with Crippen molar-refractivity contribution in [3.8, 4) is 11.5 Å². The lowest BCUT2D eigenvalue weighted by Gasteiger charge is -2.31. The summed E-state index contributed by atoms with van der Waals surface area (Å²) in [6.45, 7) is 24.0. The molecule has 7 heteroatoms. The fourth-order valence-electron chi connectivity index (χ4n) is 3.85. The van der Waals surface area contributed by atoms with Gasteiger partial charge in [-0.05, 0) is 56.0 Å². The lowest BCUT2D eigenvalue weighted by atomic mass is 9.79. The van der Waals surface area contributed by atoms with Crippen molar-refractivity contribution in [1.82, 2.24) is 0 Å². The minimum absolute atomic E-state index is 0.143. The van der Waals surface area contributed by atoms with Crippen molar-refractivity contribution in [2.75, 3.05) is 5.32 Å². The Kier molecular flexibility index (Phi) is 8.47. The van der Waals surface area contributed by atoms with Crippen LogP contribution in [0.3, 0.4) is 0 Å². The zero-order valence-electron chi connectivity index (χ0n) is 25.0. The first-order chi connectivity index (χ1) is 17.0. The SMILES string of the molecule is CC(C)(C)c1cc(N=CC(=CNc2cc(C(C)(C)C)cc(C(C)(C)C)c2[O-])[N+](=O)[O-])c([O-])c(C(C)(C)C)c1. The first-order valence-electron chi connectivity index (χ1n) is 12.9. The van der Waals surface area contributed by atoms with Crippen LogP contribution in [0.1, 0.15) is 105 Å². The first-order valence-corrected chi connectivity index (χ1v) is 12.9. The van der Waals surface area contributed by atoms with E-state index in [-0.39, 0.29) is 39.4 Å². The van der Waals surface area contributed by atoms with Crippen LogP contribution in [0, 0.1) is 10.1 Å². The summed E-state index contributed by atoms with van der Waals surface area (Å²) in [6.07, 6.45) is 2.22. The third kappa shape index (κ3) is 7.36. The van der Waals surface area contributed by atoms with Gasteiger partial charge in [-0.15, -0.1) is 0 Å². The van der Waals surface area contributed by atoms with Crippen LogP contribution in [0.2, 0.25) is 0 Å². The minimum Gasteiger partial charge on any atom is -0.871 e. The van der Waals surface area contributed by atoms with E-state index >= 15 is 0 Å². The quantitative estimate of drug-likeness (QED) is 0.260. The van der Waals surface area contributed by atoms with Crippen molar-refractivity contribution in [1.29, 1.82) is 0 Å². The summed E-state index contributed by atoms with van der Waals surface area (Å²) >= 11 is 0. The van der Waals surface area contributed by atoms with Gasteiger partial charge in [0.25, 0.3) is 0 Å². The summed E-state index contributed by atoms with van der Waals surface area (Å²) < 4.78 is 0. The summed E-state index contributed by atoms with van der Waals surface area (Å²) in [5, 5.41) is 41.2. The number of allylic oxidation sites excluding steroid dienone is 1. The van der Waals surface area contributed by atoms with Crippen molar-refractivity contribution in [3.05, 3.63) is 68.5 Å². The van der Waals surface area contributed by atoms with Gasteiger partial charge in [-0.3, -0.25) is 15.1 Å². The maximum absolute atomic E-state index is 13.2. The molecular formula is C31H43N3O4-2. The maximum atomic E-state index is 13.2. The van der Waals surface area contributed by atoms with E-state index in [0.29, 0.717) is 11.1 Å². The molecule has 0 heterocycles. The van der Waals surface area contributed by atoms with E-state index in [4.69, 9.17) is 0 Å². The standard InChI is InChI=1S/C31H45N3O4/c1-28(2,3)19-13-22(30(7,8)9)26(35)24(15-19)32-17-21(34(37)38)18-33-25-16-20(29(4,5)6)14-23(27(25)36)31(10,11)12/h13-18,32,35-36H,1-12H3/p-2. The van der Waals surface area contributed by atoms with E-state index in [9.17, 15) is 20.3 Å². The lowest BCUT2D eigenvalue weighted by Crippen LogP contribution is -2.19. The Balaban J connectivity index is 2.61. The monoisotopic (exact) mass is 521 g/mol. The number of nitrogens with one attached hydrogen (secondary N) is 1. The van der Waals surface area contributed by atoms with Gasteiger partial charge >= 0.3 is 5.70 Å². The van der Waals surface area contributed by atoms with Crippen LogP contribution in [0.15, 0.2) is 41.2 Å². The van der Waals surface area contributed by atoms with Gasteiger partial charge < -0.3 is 15.5 Å². The molecule has 2 aromatic carbocycles. The molecule has 0 saturated heterocycles. The molecule has 7 nitrogen and oxygen atoms in total. The maximum Gasteiger partial charge on any atom is 0.303 e. The second-order valence-corrected chi connectivity index (χ2v) is 14.0. The van der Waals surface area contributed by atoms with Crippen molar-refractivity contribution in [2.45, 2.75) is 105 Å². The van der Waals surface area contributed by atoms with Gasteiger partial charge in [-0.1, -0.05) is 107 Å². The van der Waals surface area contributed by atoms with E-state index in [2.05, 4.69) is 10.3 Å². The van der Waals surface area contributed by atoms with Gasteiger partial charge in [-0.25, -0.2) is 0 Å². The molecule has 0 amide bonds. The van der Waals surface area contributed by atoms with Gasteiger partial charge in [-0.2, -0.15) is 0 Å². The molecule has 2 aromatic rings. The number of hydrogen-bond acceptors (Lipinski definition) is 6. The second kappa shape index (κ2) is 10.4. The van der Waals surface area contributed by atoms with E-state index in [1.54, 1.807) is 12.1 Å². The van der Waals surface area contributed by atoms with Gasteiger partial charge in [0.05, 0.1) is 16.8 Å². The van der Waals surface area contributed by atoms with Gasteiger partial charge in [0.15, 0.2) is 0 Å². The summed E-state index contributed by atoms with van der Waals surface area (Å²) in [5.41, 5.74) is 1.83. The van der Waals surface area contributed by atoms with E-state index in [1.165, 1.54) is 0 Å². The highest BCUT2D eigenvalue weighted by Gasteiger charge is 2.23. The average Bonchev–Trinajstić information content (AvgIpc) is 2.71. The highest BCUT2D eigenvalue weighted by molar-refractivity contribution is 5.80. The smallest absolute Gasteiger partial charge is 0.303 e. The highest BCUT2D eigenvalue weighted by atomic mass is 16.6. The van der Waals surface area contributed by atoms with Crippen molar-refractivity contribution in [2.24, 2.45) is 4.99 Å². The Hall–Kier alpha value is -3.35. The summed E-state index contributed by atoms with van der Waals surface area (Å²) in [5.74, 6) is -0.470. The molecule has 0 bridgehead atoms. The minimum atomic E-state index is -0.595. The second-order valence-electron chi connectivity index (χ2n) is 14.0. The predicted octanol–water partition coefficient (Wildman–Crippen LogP) is 6.96. The number of anilines is 1. The van der Waals surface area contributed by atoms with Crippen LogP contribution in [-0.4, -0.2) is 11.1 Å². The number of rotatable bonds is 5. The largest absolute Gasteiger partial charge is 0.871 e. The summed E-state index contributed by atoms with van der Waals surface area (Å²) in [4.78, 5) is 15.5. The Morgan fingerprint density at radius 2 is 1.18 bits per heavy atom. The molecule has 0 aliphatic heterocycles. The van der Waals surface area contributed by atoms with Crippen molar-refractivity contribution >= 4 is 17.6 Å². The Labute approximate surface area is 227 Å². The summed E-state index contributed by atoms with van der Waals surface area (Å²) in [7, 11) is 0. The zero-order valence-corrected chi connectivity index (χ0v) is 25.0. The molecule has 2 rings (SSSR count). The number of aliphatic imine (C=N–C) groups is 1. The van der Waals surface area contributed by atoms with Crippen LogP contribution < -0.4 is 15.5 Å². The molecule has 0 radical (unpaired) electrons. The van der Waals surface area contributed by atoms with Crippen LogP contribution >= 0.6 is 0 Å². The molecule has 0 unspecified atom stereocenters. The number of hydrogen-bond donors (Lipinski definition) is 1. The summed E-state index contributed by atoms with van der Waals surface area (Å²) in [6, 6.07) is 7.24. The normalized spacial score (nSPS) is 13.7. The predicted molar refractivity (Wildman–Crippen MR) is 153 cm³/mol. The average molecular weight is 522 g/mol. The van der Waals surface area contributed by atoms with Gasteiger partial charge in [0, 0.05) is 5.69 Å². The molecule has 0 aliphatic carbocycles. The van der Waals surface area contributed by atoms with Crippen molar-refractivity contribution < 1.29 is 15.1 Å². The third-order valence-corrected chi connectivity index (χ3v) is 6.43. The Morgan fingerprint density at radius 3 is 1.61 bits per heavy atom. The molecule has 0 spiro atoms. The lowest BCUT2D eigenvalue weighted by molar-refractivity contribution is -0.414. The van der Waals surface area contributed by atoms with Crippen LogP contribution in [-0.2, 0) is 21.7 Å². The molecule has 1 N–H and O–H groups in total. The molecule has 0 aliphatic rings. The molecule has 0 fully saturated rings. The van der Waals surface area contributed by atoms with Gasteiger partial charge in [0.2, 0.25) is 0 Å². The van der Waals surface area contributed by atoms with Crippen LogP contribution in [0.4, 0.5) is 11.4 Å². The Morgan fingerprint density at radius 1 is 0.737 bits per heavy atom. The fraction of sp³-hybridized carbons (Fsp3) is 0.516. The van der Waals surface area contributed by atoms with Gasteiger partial charge in [0.1, 0.15) is 6.21 Å². The molecule has 0 saturated carbocycles. The number of benzene rings is 2. The number of nitrogens with zero attached hydrogens (tertiary/aromatic N) is 2. The fourth-order valence-corrected chi connectivity index (χ4v) is 3.85. The highest BCUT2D eigenvalue weighted by Crippen LogP contribution is 2.41. The molecule has 0 aromatic heterocycles. The molecule has 38 heavy (non-hydrogen) atoms. The number of nitro groups is 1. The van der Waals surface area contributed by atoms with Crippen LogP contribution in [0.25, 0.3) is 0 Å². The first kappa shape index (κ1) is 30.9. The van der Waals surface area contributed by atoms with E-state index < -0.39 is 15.8 Å². The van der Waals surface area contributed by atoms with Crippen molar-refractivity contribution in [3.63, 3.8) is 0 Å². The van der Waals surface area contributed by atoms with E-state index in [0.717, 1.165) is 23.5 Å². The third-order valence-electron chi connectivity index (χ3n) is 6.43. The Bertz CT molecular complexity index is 1260. The van der Waals surface area contributed by atoms with Crippen LogP contribution in [0.5, 0.6) is 11.5 Å². The molecule has 208 valence electrons. The topological polar surface area (TPSA) is 114 Å².